The lowest BCUT2D eigenvalue weighted by molar-refractivity contribution is -0.385. The molecule has 0 radical (unpaired) electrons. The number of pyridine rings is 1. The van der Waals surface area contributed by atoms with Crippen LogP contribution in [0.1, 0.15) is 27.7 Å². The van der Waals surface area contributed by atoms with Crippen LogP contribution >= 0.6 is 0 Å². The van der Waals surface area contributed by atoms with Gasteiger partial charge in [-0.3, -0.25) is 10.1 Å². The van der Waals surface area contributed by atoms with E-state index in [4.69, 9.17) is 6.11 Å². The number of aryl methyl sites for hydroxylation is 1. The molecule has 1 aromatic carbocycles. The summed E-state index contributed by atoms with van der Waals surface area (Å²) in [6, 6.07) is 6.62. The maximum absolute atomic E-state index is 12.2. The molecule has 3 rings (SSSR count). The number of hydrogen-bond acceptors (Lipinski definition) is 6. The molecule has 0 saturated carbocycles. The molecule has 27 heavy (non-hydrogen) atoms. The number of benzene rings is 1. The Morgan fingerprint density at radius 2 is 1.93 bits per heavy atom. The fraction of sp³-hybridized carbons (Fsp3) is 0.474. The average molecular weight is 374 g/mol. The van der Waals surface area contributed by atoms with Crippen molar-refractivity contribution in [1.82, 2.24) is 9.88 Å². The molecule has 0 atom stereocenters. The summed E-state index contributed by atoms with van der Waals surface area (Å²) in [6.07, 6.45) is -0.314. The minimum absolute atomic E-state index is 0.0528. The summed E-state index contributed by atoms with van der Waals surface area (Å²) in [5.41, 5.74) is 0.422. The zero-order chi connectivity index (χ0) is 20.5. The van der Waals surface area contributed by atoms with Crippen LogP contribution < -0.4 is 4.90 Å². The third-order valence-corrected chi connectivity index (χ3v) is 4.40. The van der Waals surface area contributed by atoms with Gasteiger partial charge in [-0.2, -0.15) is 0 Å². The zero-order valence-electron chi connectivity index (χ0n) is 16.8. The smallest absolute Gasteiger partial charge is 0.410 e. The molecule has 1 fully saturated rings. The minimum Gasteiger partial charge on any atom is -0.444 e. The molecule has 1 saturated heterocycles. The van der Waals surface area contributed by atoms with Gasteiger partial charge in [-0.05, 0) is 45.9 Å². The van der Waals surface area contributed by atoms with Gasteiger partial charge in [-0.25, -0.2) is 9.78 Å². The number of aromatic nitrogens is 1. The van der Waals surface area contributed by atoms with E-state index in [1.807, 2.05) is 26.8 Å². The highest BCUT2D eigenvalue weighted by molar-refractivity contribution is 5.86. The molecule has 1 aromatic heterocycles. The monoisotopic (exact) mass is 374 g/mol. The van der Waals surface area contributed by atoms with E-state index in [1.165, 1.54) is 6.07 Å². The summed E-state index contributed by atoms with van der Waals surface area (Å²) >= 11 is 0. The van der Waals surface area contributed by atoms with Crippen LogP contribution in [0.5, 0.6) is 0 Å². The highest BCUT2D eigenvalue weighted by atomic mass is 16.6. The largest absolute Gasteiger partial charge is 0.444 e. The Bertz CT molecular complexity index is 905. The number of amides is 1. The van der Waals surface area contributed by atoms with Crippen molar-refractivity contribution in [2.24, 2.45) is 0 Å². The van der Waals surface area contributed by atoms with Crippen molar-refractivity contribution in [1.29, 1.82) is 0 Å². The first kappa shape index (κ1) is 17.5. The van der Waals surface area contributed by atoms with Crippen molar-refractivity contribution in [3.63, 3.8) is 0 Å². The molecule has 0 unspecified atom stereocenters. The second-order valence-corrected chi connectivity index (χ2v) is 7.51. The van der Waals surface area contributed by atoms with Crippen molar-refractivity contribution in [3.8, 4) is 0 Å². The summed E-state index contributed by atoms with van der Waals surface area (Å²) in [6.45, 7) is 7.66. The lowest BCUT2D eigenvalue weighted by Gasteiger charge is -2.36. The van der Waals surface area contributed by atoms with Gasteiger partial charge < -0.3 is 14.5 Å². The fourth-order valence-electron chi connectivity index (χ4n) is 3.03. The number of hydrogen-bond donors (Lipinski definition) is 0. The minimum atomic E-state index is -0.522. The van der Waals surface area contributed by atoms with Crippen molar-refractivity contribution in [2.45, 2.75) is 33.3 Å². The Morgan fingerprint density at radius 3 is 2.52 bits per heavy atom. The van der Waals surface area contributed by atoms with Crippen LogP contribution in [0.3, 0.4) is 0 Å². The van der Waals surface area contributed by atoms with Crippen LogP contribution in [0.25, 0.3) is 10.9 Å². The van der Waals surface area contributed by atoms with Crippen molar-refractivity contribution in [3.05, 3.63) is 39.9 Å². The van der Waals surface area contributed by atoms with Gasteiger partial charge in [-0.1, -0.05) is 0 Å². The summed E-state index contributed by atoms with van der Waals surface area (Å²) in [7, 11) is 0. The van der Waals surface area contributed by atoms with Crippen LogP contribution in [0.4, 0.5) is 16.3 Å². The standard InChI is InChI=1S/C19H24N4O4/c1-13-14-5-8-17(20-15(14)6-7-16(13)23(25)26)21-9-11-22(12-10-21)18(24)27-19(2,3)4/h5-8H,9-12H2,1-4H3/i1T. The van der Waals surface area contributed by atoms with E-state index in [2.05, 4.69) is 9.88 Å². The fourth-order valence-corrected chi connectivity index (χ4v) is 3.03. The number of nitro benzene ring substituents is 1. The van der Waals surface area contributed by atoms with Gasteiger partial charge in [-0.15, -0.1) is 0 Å². The molecule has 0 N–H and O–H groups in total. The highest BCUT2D eigenvalue weighted by Crippen LogP contribution is 2.28. The molecule has 8 nitrogen and oxygen atoms in total. The highest BCUT2D eigenvalue weighted by Gasteiger charge is 2.26. The van der Waals surface area contributed by atoms with Gasteiger partial charge in [0.25, 0.3) is 5.69 Å². The molecule has 144 valence electrons. The van der Waals surface area contributed by atoms with Crippen LogP contribution in [-0.2, 0) is 4.74 Å². The number of fused-ring (bicyclic) bond motifs is 1. The first-order valence-corrected chi connectivity index (χ1v) is 8.79. The molecule has 0 spiro atoms. The summed E-state index contributed by atoms with van der Waals surface area (Å²) < 4.78 is 13.1. The number of carbonyl (C=O) groups is 1. The van der Waals surface area contributed by atoms with E-state index in [0.717, 1.165) is 5.82 Å². The second kappa shape index (κ2) is 7.02. The molecule has 0 bridgehead atoms. The zero-order valence-corrected chi connectivity index (χ0v) is 15.8. The topological polar surface area (TPSA) is 88.8 Å². The molecule has 2 aromatic rings. The van der Waals surface area contributed by atoms with E-state index in [9.17, 15) is 14.9 Å². The summed E-state index contributed by atoms with van der Waals surface area (Å²) in [5, 5.41) is 11.8. The van der Waals surface area contributed by atoms with E-state index in [0.29, 0.717) is 42.6 Å². The van der Waals surface area contributed by atoms with Crippen LogP contribution in [0.15, 0.2) is 24.3 Å². The first-order chi connectivity index (χ1) is 13.2. The van der Waals surface area contributed by atoms with Crippen LogP contribution in [-0.4, -0.2) is 52.7 Å². The lowest BCUT2D eigenvalue weighted by atomic mass is 10.1. The Morgan fingerprint density at radius 1 is 1.22 bits per heavy atom. The molecule has 0 aliphatic carbocycles. The van der Waals surface area contributed by atoms with Crippen LogP contribution in [0.2, 0.25) is 0 Å². The Balaban J connectivity index is 1.76. The van der Waals surface area contributed by atoms with E-state index in [1.54, 1.807) is 17.0 Å². The quantitative estimate of drug-likeness (QED) is 0.590. The summed E-state index contributed by atoms with van der Waals surface area (Å²) in [5.74, 6) is 0.751. The summed E-state index contributed by atoms with van der Waals surface area (Å²) in [4.78, 5) is 31.3. The number of nitrogens with zero attached hydrogens (tertiary/aromatic N) is 4. The molecular weight excluding hydrogens is 348 g/mol. The Kier molecular flexibility index (Phi) is 4.55. The number of carbonyl (C=O) groups excluding carboxylic acids is 1. The van der Waals surface area contributed by atoms with Gasteiger partial charge in [0.05, 0.1) is 10.4 Å². The Hall–Kier alpha value is -2.90. The van der Waals surface area contributed by atoms with Gasteiger partial charge in [0, 0.05) is 44.6 Å². The molecule has 8 heteroatoms. The van der Waals surface area contributed by atoms with Crippen molar-refractivity contribution < 1.29 is 15.8 Å². The Labute approximate surface area is 159 Å². The molecule has 1 amide bonds. The van der Waals surface area contributed by atoms with Gasteiger partial charge in [0.1, 0.15) is 11.4 Å². The van der Waals surface area contributed by atoms with Gasteiger partial charge >= 0.3 is 6.09 Å². The number of piperazine rings is 1. The van der Waals surface area contributed by atoms with Gasteiger partial charge in [0.15, 0.2) is 0 Å². The van der Waals surface area contributed by atoms with E-state index >= 15 is 0 Å². The van der Waals surface area contributed by atoms with E-state index < -0.39 is 10.5 Å². The number of nitro groups is 1. The second-order valence-electron chi connectivity index (χ2n) is 7.51. The van der Waals surface area contributed by atoms with Crippen molar-refractivity contribution >= 4 is 28.5 Å². The first-order valence-electron chi connectivity index (χ1n) is 9.49. The maximum atomic E-state index is 12.2. The third-order valence-electron chi connectivity index (χ3n) is 4.40. The van der Waals surface area contributed by atoms with E-state index in [-0.39, 0.29) is 18.7 Å². The van der Waals surface area contributed by atoms with Gasteiger partial charge in [0.2, 0.25) is 0 Å². The third kappa shape index (κ3) is 4.10. The molecule has 2 heterocycles. The number of rotatable bonds is 2. The average Bonchev–Trinajstić information content (AvgIpc) is 2.65. The molecule has 1 aliphatic rings. The number of ether oxygens (including phenoxy) is 1. The lowest BCUT2D eigenvalue weighted by Crippen LogP contribution is -2.50. The SMILES string of the molecule is [3H]Cc1c([N+](=O)[O-])ccc2nc(N3CCN(C(=O)OC(C)(C)C)CC3)ccc12. The predicted octanol–water partition coefficient (Wildman–Crippen LogP) is 3.51. The molecular formula is C19H24N4O4. The number of anilines is 1. The molecule has 1 aliphatic heterocycles. The predicted molar refractivity (Wildman–Crippen MR) is 103 cm³/mol. The van der Waals surface area contributed by atoms with Crippen molar-refractivity contribution in [2.75, 3.05) is 31.1 Å². The maximum Gasteiger partial charge on any atom is 0.410 e. The normalized spacial score (nSPS) is 15.6. The van der Waals surface area contributed by atoms with Crippen LogP contribution in [0, 0.1) is 17.0 Å².